The summed E-state index contributed by atoms with van der Waals surface area (Å²) in [6, 6.07) is 7.41. The Morgan fingerprint density at radius 2 is 2.04 bits per heavy atom. The molecule has 0 fully saturated rings. The molecule has 1 atom stereocenters. The molecule has 6 nitrogen and oxygen atoms in total. The van der Waals surface area contributed by atoms with Gasteiger partial charge in [-0.05, 0) is 44.9 Å². The molecular formula is C19H25N3O3. The highest BCUT2D eigenvalue weighted by molar-refractivity contribution is 5.94. The Balaban J connectivity index is 1.93. The first kappa shape index (κ1) is 18.7. The lowest BCUT2D eigenvalue weighted by molar-refractivity contribution is -0.120. The van der Waals surface area contributed by atoms with Crippen molar-refractivity contribution in [2.75, 3.05) is 0 Å². The summed E-state index contributed by atoms with van der Waals surface area (Å²) in [6.07, 6.45) is 1.11. The summed E-state index contributed by atoms with van der Waals surface area (Å²) in [7, 11) is 0. The van der Waals surface area contributed by atoms with Gasteiger partial charge in [0.25, 0.3) is 5.91 Å². The molecule has 0 aliphatic heterocycles. The lowest BCUT2D eigenvalue weighted by Crippen LogP contribution is -2.32. The standard InChI is InChI=1S/C19H25N3O3/c1-5-12(2)21-19(24)16-8-6-7-15(9-16)11-20-18(23)10-17-13(3)22-25-14(17)4/h6-9,12H,5,10-11H2,1-4H3,(H,20,23)(H,21,24)/t12-/m1/s1. The van der Waals surface area contributed by atoms with Crippen LogP contribution in [0.2, 0.25) is 0 Å². The molecule has 2 rings (SSSR count). The van der Waals surface area contributed by atoms with Crippen LogP contribution in [0.4, 0.5) is 0 Å². The molecule has 0 saturated carbocycles. The van der Waals surface area contributed by atoms with Gasteiger partial charge >= 0.3 is 0 Å². The largest absolute Gasteiger partial charge is 0.361 e. The minimum atomic E-state index is -0.108. The zero-order chi connectivity index (χ0) is 18.4. The molecule has 1 aromatic carbocycles. The third kappa shape index (κ3) is 5.17. The predicted octanol–water partition coefficient (Wildman–Crippen LogP) is 2.68. The summed E-state index contributed by atoms with van der Waals surface area (Å²) in [5.74, 6) is 0.457. The maximum Gasteiger partial charge on any atom is 0.251 e. The third-order valence-corrected chi connectivity index (χ3v) is 4.19. The third-order valence-electron chi connectivity index (χ3n) is 4.19. The van der Waals surface area contributed by atoms with Crippen molar-refractivity contribution in [3.05, 3.63) is 52.4 Å². The van der Waals surface area contributed by atoms with Gasteiger partial charge in [0.05, 0.1) is 12.1 Å². The molecule has 0 unspecified atom stereocenters. The van der Waals surface area contributed by atoms with E-state index in [0.717, 1.165) is 23.2 Å². The van der Waals surface area contributed by atoms with Crippen LogP contribution in [0.25, 0.3) is 0 Å². The van der Waals surface area contributed by atoms with Crippen LogP contribution in [0.3, 0.4) is 0 Å². The van der Waals surface area contributed by atoms with Gasteiger partial charge in [-0.1, -0.05) is 24.2 Å². The van der Waals surface area contributed by atoms with Gasteiger partial charge in [0.15, 0.2) is 0 Å². The van der Waals surface area contributed by atoms with Crippen molar-refractivity contribution in [2.45, 2.75) is 53.1 Å². The summed E-state index contributed by atoms with van der Waals surface area (Å²) in [4.78, 5) is 24.3. The maximum absolute atomic E-state index is 12.2. The van der Waals surface area contributed by atoms with Crippen molar-refractivity contribution in [1.29, 1.82) is 0 Å². The minimum absolute atomic E-state index is 0.0988. The van der Waals surface area contributed by atoms with Crippen molar-refractivity contribution in [3.8, 4) is 0 Å². The zero-order valence-corrected chi connectivity index (χ0v) is 15.2. The molecule has 2 amide bonds. The SMILES string of the molecule is CC[C@@H](C)NC(=O)c1cccc(CNC(=O)Cc2c(C)noc2C)c1. The maximum atomic E-state index is 12.2. The van der Waals surface area contributed by atoms with E-state index in [4.69, 9.17) is 4.52 Å². The van der Waals surface area contributed by atoms with E-state index in [9.17, 15) is 9.59 Å². The first-order valence-corrected chi connectivity index (χ1v) is 8.49. The molecular weight excluding hydrogens is 318 g/mol. The quantitative estimate of drug-likeness (QED) is 0.809. The number of carbonyl (C=O) groups is 2. The van der Waals surface area contributed by atoms with Gasteiger partial charge in [-0.2, -0.15) is 0 Å². The predicted molar refractivity (Wildman–Crippen MR) is 95.2 cm³/mol. The molecule has 1 heterocycles. The molecule has 0 spiro atoms. The second kappa shape index (κ2) is 8.46. The zero-order valence-electron chi connectivity index (χ0n) is 15.2. The van der Waals surface area contributed by atoms with E-state index in [-0.39, 0.29) is 24.3 Å². The van der Waals surface area contributed by atoms with Gasteiger partial charge < -0.3 is 15.2 Å². The van der Waals surface area contributed by atoms with Crippen LogP contribution in [-0.4, -0.2) is 23.0 Å². The molecule has 6 heteroatoms. The number of nitrogens with one attached hydrogen (secondary N) is 2. The minimum Gasteiger partial charge on any atom is -0.361 e. The van der Waals surface area contributed by atoms with Gasteiger partial charge in [0.2, 0.25) is 5.91 Å². The normalized spacial score (nSPS) is 11.8. The summed E-state index contributed by atoms with van der Waals surface area (Å²) in [5, 5.41) is 9.66. The average Bonchev–Trinajstić information content (AvgIpc) is 2.92. The number of nitrogens with zero attached hydrogens (tertiary/aromatic N) is 1. The Morgan fingerprint density at radius 1 is 1.28 bits per heavy atom. The van der Waals surface area contributed by atoms with Crippen LogP contribution in [0.5, 0.6) is 0 Å². The smallest absolute Gasteiger partial charge is 0.251 e. The molecule has 0 saturated heterocycles. The molecule has 2 N–H and O–H groups in total. The lowest BCUT2D eigenvalue weighted by Gasteiger charge is -2.12. The number of carbonyl (C=O) groups excluding carboxylic acids is 2. The highest BCUT2D eigenvalue weighted by Crippen LogP contribution is 2.13. The van der Waals surface area contributed by atoms with E-state index >= 15 is 0 Å². The lowest BCUT2D eigenvalue weighted by atomic mass is 10.1. The van der Waals surface area contributed by atoms with Crippen LogP contribution in [0.1, 0.15) is 53.2 Å². The van der Waals surface area contributed by atoms with E-state index in [1.54, 1.807) is 19.1 Å². The molecule has 2 aromatic rings. The number of benzene rings is 1. The fourth-order valence-electron chi connectivity index (χ4n) is 2.41. The Bertz CT molecular complexity index is 733. The van der Waals surface area contributed by atoms with E-state index in [2.05, 4.69) is 15.8 Å². The number of hydrogen-bond donors (Lipinski definition) is 2. The van der Waals surface area contributed by atoms with E-state index in [1.807, 2.05) is 32.9 Å². The van der Waals surface area contributed by atoms with Crippen molar-refractivity contribution in [2.24, 2.45) is 0 Å². The van der Waals surface area contributed by atoms with Crippen molar-refractivity contribution in [3.63, 3.8) is 0 Å². The van der Waals surface area contributed by atoms with E-state index in [1.165, 1.54) is 0 Å². The summed E-state index contributed by atoms with van der Waals surface area (Å²) in [6.45, 7) is 7.97. The first-order chi connectivity index (χ1) is 11.9. The highest BCUT2D eigenvalue weighted by Gasteiger charge is 2.13. The Kier molecular flexibility index (Phi) is 6.33. The summed E-state index contributed by atoms with van der Waals surface area (Å²) >= 11 is 0. The number of aromatic nitrogens is 1. The van der Waals surface area contributed by atoms with Crippen LogP contribution >= 0.6 is 0 Å². The molecule has 134 valence electrons. The van der Waals surface area contributed by atoms with Gasteiger partial charge in [0, 0.05) is 23.7 Å². The van der Waals surface area contributed by atoms with Crippen LogP contribution < -0.4 is 10.6 Å². The van der Waals surface area contributed by atoms with Crippen LogP contribution in [0.15, 0.2) is 28.8 Å². The van der Waals surface area contributed by atoms with Crippen LogP contribution in [-0.2, 0) is 17.8 Å². The molecule has 1 aromatic heterocycles. The van der Waals surface area contributed by atoms with Crippen molar-refractivity contribution < 1.29 is 14.1 Å². The van der Waals surface area contributed by atoms with Gasteiger partial charge in [-0.25, -0.2) is 0 Å². The molecule has 0 radical (unpaired) electrons. The first-order valence-electron chi connectivity index (χ1n) is 8.49. The number of amides is 2. The number of rotatable bonds is 7. The molecule has 0 aliphatic carbocycles. The average molecular weight is 343 g/mol. The molecule has 0 aliphatic rings. The Morgan fingerprint density at radius 3 is 2.68 bits per heavy atom. The number of aryl methyl sites for hydroxylation is 2. The summed E-state index contributed by atoms with van der Waals surface area (Å²) < 4.78 is 5.07. The van der Waals surface area contributed by atoms with Crippen molar-refractivity contribution in [1.82, 2.24) is 15.8 Å². The highest BCUT2D eigenvalue weighted by atomic mass is 16.5. The second-order valence-corrected chi connectivity index (χ2v) is 6.24. The fraction of sp³-hybridized carbons (Fsp3) is 0.421. The van der Waals surface area contributed by atoms with E-state index in [0.29, 0.717) is 17.9 Å². The molecule has 0 bridgehead atoms. The topological polar surface area (TPSA) is 84.2 Å². The fourth-order valence-corrected chi connectivity index (χ4v) is 2.41. The summed E-state index contributed by atoms with van der Waals surface area (Å²) in [5.41, 5.74) is 3.03. The monoisotopic (exact) mass is 343 g/mol. The van der Waals surface area contributed by atoms with Gasteiger partial charge in [-0.3, -0.25) is 9.59 Å². The van der Waals surface area contributed by atoms with Gasteiger partial charge in [-0.15, -0.1) is 0 Å². The van der Waals surface area contributed by atoms with E-state index < -0.39 is 0 Å². The van der Waals surface area contributed by atoms with Crippen molar-refractivity contribution >= 4 is 11.8 Å². The Labute approximate surface area is 148 Å². The number of hydrogen-bond acceptors (Lipinski definition) is 4. The second-order valence-electron chi connectivity index (χ2n) is 6.24. The Hall–Kier alpha value is -2.63. The van der Waals surface area contributed by atoms with Gasteiger partial charge in [0.1, 0.15) is 5.76 Å². The molecule has 25 heavy (non-hydrogen) atoms. The van der Waals surface area contributed by atoms with Crippen LogP contribution in [0, 0.1) is 13.8 Å².